The highest BCUT2D eigenvalue weighted by atomic mass is 35.5. The fraction of sp³-hybridized carbons (Fsp3) is 0.500. The van der Waals surface area contributed by atoms with Crippen molar-refractivity contribution in [3.63, 3.8) is 0 Å². The molecule has 1 unspecified atom stereocenters. The molecule has 1 N–H and O–H groups in total. The molecule has 5 heteroatoms. The molecule has 0 saturated carbocycles. The maximum absolute atomic E-state index is 10.9. The van der Waals surface area contributed by atoms with Crippen LogP contribution >= 0.6 is 11.6 Å². The number of halogens is 1. The normalized spacial score (nSPS) is 12.8. The lowest BCUT2D eigenvalue weighted by molar-refractivity contribution is -0.142. The molecule has 0 spiro atoms. The van der Waals surface area contributed by atoms with Crippen LogP contribution in [-0.4, -0.2) is 35.2 Å². The molecule has 0 aliphatic rings. The van der Waals surface area contributed by atoms with Gasteiger partial charge in [-0.05, 0) is 45.5 Å². The minimum absolute atomic E-state index is 0.0676. The highest BCUT2D eigenvalue weighted by molar-refractivity contribution is 6.32. The number of hydrogen-bond donors (Lipinski definition) is 1. The van der Waals surface area contributed by atoms with E-state index in [0.29, 0.717) is 17.3 Å². The summed E-state index contributed by atoms with van der Waals surface area (Å²) in [4.78, 5) is 12.6. The van der Waals surface area contributed by atoms with Crippen LogP contribution in [-0.2, 0) is 11.3 Å². The van der Waals surface area contributed by atoms with E-state index in [0.717, 1.165) is 5.56 Å². The molecule has 0 saturated heterocycles. The second-order valence-electron chi connectivity index (χ2n) is 4.86. The lowest BCUT2D eigenvalue weighted by atomic mass is 10.2. The second kappa shape index (κ2) is 6.78. The number of carboxylic acids is 1. The van der Waals surface area contributed by atoms with Crippen LogP contribution in [0.5, 0.6) is 5.75 Å². The lowest BCUT2D eigenvalue weighted by Gasteiger charge is -2.21. The van der Waals surface area contributed by atoms with Crippen molar-refractivity contribution in [3.8, 4) is 5.75 Å². The summed E-state index contributed by atoms with van der Waals surface area (Å²) in [6.45, 7) is 6.05. The van der Waals surface area contributed by atoms with Crippen molar-refractivity contribution in [2.45, 2.75) is 39.5 Å². The van der Waals surface area contributed by atoms with Gasteiger partial charge >= 0.3 is 5.97 Å². The van der Waals surface area contributed by atoms with E-state index >= 15 is 0 Å². The molecular weight excluding hydrogens is 266 g/mol. The molecule has 4 nitrogen and oxygen atoms in total. The van der Waals surface area contributed by atoms with E-state index in [4.69, 9.17) is 21.4 Å². The Balaban J connectivity index is 2.76. The molecule has 0 aliphatic heterocycles. The molecule has 1 aromatic carbocycles. The van der Waals surface area contributed by atoms with Crippen LogP contribution in [0.15, 0.2) is 18.2 Å². The van der Waals surface area contributed by atoms with Gasteiger partial charge in [-0.3, -0.25) is 9.69 Å². The predicted molar refractivity (Wildman–Crippen MR) is 75.8 cm³/mol. The van der Waals surface area contributed by atoms with Crippen molar-refractivity contribution in [3.05, 3.63) is 28.8 Å². The van der Waals surface area contributed by atoms with Gasteiger partial charge in [0, 0.05) is 6.54 Å². The zero-order chi connectivity index (χ0) is 14.6. The van der Waals surface area contributed by atoms with Crippen LogP contribution in [0.2, 0.25) is 5.02 Å². The van der Waals surface area contributed by atoms with Crippen molar-refractivity contribution in [1.82, 2.24) is 4.90 Å². The Hall–Kier alpha value is -1.26. The van der Waals surface area contributed by atoms with Crippen molar-refractivity contribution >= 4 is 17.6 Å². The van der Waals surface area contributed by atoms with Crippen LogP contribution in [0.3, 0.4) is 0 Å². The summed E-state index contributed by atoms with van der Waals surface area (Å²) in [6.07, 6.45) is 0.0676. The Bertz CT molecular complexity index is 448. The van der Waals surface area contributed by atoms with Crippen LogP contribution in [0.25, 0.3) is 0 Å². The summed E-state index contributed by atoms with van der Waals surface area (Å²) in [5, 5.41) is 9.48. The molecule has 0 heterocycles. The standard InChI is InChI=1S/C14H20ClNO3/c1-9(2)19-13-6-5-11(7-12(13)15)8-16(4)10(3)14(17)18/h5-7,9-10H,8H2,1-4H3,(H,17,18). The summed E-state index contributed by atoms with van der Waals surface area (Å²) in [5.74, 6) is -0.192. The maximum atomic E-state index is 10.9. The van der Waals surface area contributed by atoms with Gasteiger partial charge in [0.1, 0.15) is 11.8 Å². The highest BCUT2D eigenvalue weighted by Gasteiger charge is 2.17. The number of likely N-dealkylation sites (N-methyl/N-ethyl adjacent to an activating group) is 1. The summed E-state index contributed by atoms with van der Waals surface area (Å²) in [7, 11) is 1.77. The Kier molecular flexibility index (Phi) is 5.63. The Morgan fingerprint density at radius 2 is 2.05 bits per heavy atom. The molecule has 106 valence electrons. The quantitative estimate of drug-likeness (QED) is 0.873. The largest absolute Gasteiger partial charge is 0.489 e. The van der Waals surface area contributed by atoms with Gasteiger partial charge in [0.15, 0.2) is 0 Å². The summed E-state index contributed by atoms with van der Waals surface area (Å²) < 4.78 is 5.55. The number of carbonyl (C=O) groups is 1. The van der Waals surface area contributed by atoms with Crippen LogP contribution < -0.4 is 4.74 Å². The predicted octanol–water partition coefficient (Wildman–Crippen LogP) is 3.03. The van der Waals surface area contributed by atoms with Crippen LogP contribution in [0.4, 0.5) is 0 Å². The van der Waals surface area contributed by atoms with Gasteiger partial charge in [0.2, 0.25) is 0 Å². The number of hydrogen-bond acceptors (Lipinski definition) is 3. The number of carboxylic acid groups (broad SMARTS) is 1. The minimum Gasteiger partial charge on any atom is -0.489 e. The number of aliphatic carboxylic acids is 1. The molecule has 0 fully saturated rings. The summed E-state index contributed by atoms with van der Waals surface area (Å²) in [6, 6.07) is 4.99. The van der Waals surface area contributed by atoms with Gasteiger partial charge in [-0.1, -0.05) is 17.7 Å². The third-order valence-electron chi connectivity index (χ3n) is 2.81. The number of rotatable bonds is 6. The monoisotopic (exact) mass is 285 g/mol. The van der Waals surface area contributed by atoms with Gasteiger partial charge in [0.25, 0.3) is 0 Å². The van der Waals surface area contributed by atoms with Crippen molar-refractivity contribution < 1.29 is 14.6 Å². The van der Waals surface area contributed by atoms with E-state index in [2.05, 4.69) is 0 Å². The van der Waals surface area contributed by atoms with E-state index in [1.54, 1.807) is 18.9 Å². The van der Waals surface area contributed by atoms with E-state index in [9.17, 15) is 4.79 Å². The van der Waals surface area contributed by atoms with E-state index in [-0.39, 0.29) is 6.10 Å². The maximum Gasteiger partial charge on any atom is 0.320 e. The molecule has 0 bridgehead atoms. The second-order valence-corrected chi connectivity index (χ2v) is 5.27. The smallest absolute Gasteiger partial charge is 0.320 e. The number of benzene rings is 1. The molecule has 19 heavy (non-hydrogen) atoms. The summed E-state index contributed by atoms with van der Waals surface area (Å²) >= 11 is 6.14. The Morgan fingerprint density at radius 1 is 1.42 bits per heavy atom. The molecule has 1 rings (SSSR count). The first-order valence-corrected chi connectivity index (χ1v) is 6.57. The third kappa shape index (κ3) is 4.73. The van der Waals surface area contributed by atoms with Crippen molar-refractivity contribution in [1.29, 1.82) is 0 Å². The zero-order valence-electron chi connectivity index (χ0n) is 11.7. The van der Waals surface area contributed by atoms with E-state index in [1.165, 1.54) is 0 Å². The Labute approximate surface area is 118 Å². The minimum atomic E-state index is -0.839. The Morgan fingerprint density at radius 3 is 2.53 bits per heavy atom. The van der Waals surface area contributed by atoms with Gasteiger partial charge < -0.3 is 9.84 Å². The average molecular weight is 286 g/mol. The first-order chi connectivity index (χ1) is 8.81. The van der Waals surface area contributed by atoms with E-state index in [1.807, 2.05) is 32.0 Å². The third-order valence-corrected chi connectivity index (χ3v) is 3.10. The summed E-state index contributed by atoms with van der Waals surface area (Å²) in [5.41, 5.74) is 0.955. The SMILES string of the molecule is CC(C)Oc1ccc(CN(C)C(C)C(=O)O)cc1Cl. The topological polar surface area (TPSA) is 49.8 Å². The molecule has 1 aromatic rings. The molecule has 0 amide bonds. The van der Waals surface area contributed by atoms with Crippen LogP contribution in [0, 0.1) is 0 Å². The molecule has 0 aliphatic carbocycles. The molecule has 1 atom stereocenters. The van der Waals surface area contributed by atoms with Crippen molar-refractivity contribution in [2.24, 2.45) is 0 Å². The highest BCUT2D eigenvalue weighted by Crippen LogP contribution is 2.27. The van der Waals surface area contributed by atoms with Gasteiger partial charge in [-0.15, -0.1) is 0 Å². The molecular formula is C14H20ClNO3. The molecule has 0 radical (unpaired) electrons. The first-order valence-electron chi connectivity index (χ1n) is 6.19. The number of ether oxygens (including phenoxy) is 1. The fourth-order valence-corrected chi connectivity index (χ4v) is 1.85. The van der Waals surface area contributed by atoms with Gasteiger partial charge in [0.05, 0.1) is 11.1 Å². The fourth-order valence-electron chi connectivity index (χ4n) is 1.61. The number of nitrogens with zero attached hydrogens (tertiary/aromatic N) is 1. The first kappa shape index (κ1) is 15.8. The van der Waals surface area contributed by atoms with E-state index < -0.39 is 12.0 Å². The van der Waals surface area contributed by atoms with Gasteiger partial charge in [-0.25, -0.2) is 0 Å². The average Bonchev–Trinajstić information content (AvgIpc) is 2.31. The van der Waals surface area contributed by atoms with Crippen LogP contribution in [0.1, 0.15) is 26.3 Å². The molecule has 0 aromatic heterocycles. The van der Waals surface area contributed by atoms with Gasteiger partial charge in [-0.2, -0.15) is 0 Å². The lowest BCUT2D eigenvalue weighted by Crippen LogP contribution is -2.35. The van der Waals surface area contributed by atoms with Crippen molar-refractivity contribution in [2.75, 3.05) is 7.05 Å². The zero-order valence-corrected chi connectivity index (χ0v) is 12.4.